The standard InChI is InChI=1S/C22H22BrN7O2/c1-2-3-4-8-19(31)24-17-7-5-6-13-11-18(25-20(13)17)22(32)26-16-10-9-14(23)12-15(16)21-27-29-30-28-21/h5-7,9-12,25H,2-4,8H2,1H3,(H,24,31)(H,26,32)(H,27,28,29,30). The number of carbonyl (C=O) groups is 2. The number of aromatic amines is 2. The highest BCUT2D eigenvalue weighted by atomic mass is 79.9. The Morgan fingerprint density at radius 3 is 2.72 bits per heavy atom. The Labute approximate surface area is 192 Å². The lowest BCUT2D eigenvalue weighted by molar-refractivity contribution is -0.116. The third kappa shape index (κ3) is 4.86. The van der Waals surface area contributed by atoms with E-state index in [1.807, 2.05) is 30.3 Å². The lowest BCUT2D eigenvalue weighted by Crippen LogP contribution is -2.13. The van der Waals surface area contributed by atoms with Crippen LogP contribution in [0.1, 0.15) is 43.1 Å². The topological polar surface area (TPSA) is 128 Å². The summed E-state index contributed by atoms with van der Waals surface area (Å²) < 4.78 is 0.826. The van der Waals surface area contributed by atoms with Crippen molar-refractivity contribution in [3.8, 4) is 11.4 Å². The number of rotatable bonds is 8. The number of hydrogen-bond acceptors (Lipinski definition) is 5. The SMILES string of the molecule is CCCCCC(=O)Nc1cccc2cc(C(=O)Nc3ccc(Br)cc3-c3nnn[nH]3)[nH]c12. The van der Waals surface area contributed by atoms with E-state index in [-0.39, 0.29) is 11.8 Å². The molecule has 4 rings (SSSR count). The Morgan fingerprint density at radius 1 is 1.06 bits per heavy atom. The Hall–Kier alpha value is -3.53. The van der Waals surface area contributed by atoms with E-state index in [1.54, 1.807) is 12.1 Å². The predicted molar refractivity (Wildman–Crippen MR) is 126 cm³/mol. The zero-order valence-electron chi connectivity index (χ0n) is 17.4. The van der Waals surface area contributed by atoms with Crippen molar-refractivity contribution in [3.63, 3.8) is 0 Å². The lowest BCUT2D eigenvalue weighted by Gasteiger charge is -2.09. The third-order valence-electron chi connectivity index (χ3n) is 5.01. The molecule has 4 N–H and O–H groups in total. The molecule has 0 unspecified atom stereocenters. The van der Waals surface area contributed by atoms with Gasteiger partial charge in [0.05, 0.1) is 16.9 Å². The molecule has 0 radical (unpaired) electrons. The van der Waals surface area contributed by atoms with E-state index in [0.717, 1.165) is 29.1 Å². The van der Waals surface area contributed by atoms with Gasteiger partial charge in [-0.15, -0.1) is 5.10 Å². The number of aromatic nitrogens is 5. The number of halogens is 1. The van der Waals surface area contributed by atoms with Gasteiger partial charge >= 0.3 is 0 Å². The first kappa shape index (κ1) is 21.7. The van der Waals surface area contributed by atoms with Crippen molar-refractivity contribution in [2.75, 3.05) is 10.6 Å². The van der Waals surface area contributed by atoms with Crippen LogP contribution < -0.4 is 10.6 Å². The molecule has 0 aliphatic rings. The van der Waals surface area contributed by atoms with E-state index < -0.39 is 0 Å². The molecule has 2 aromatic carbocycles. The Kier molecular flexibility index (Phi) is 6.60. The molecule has 9 nitrogen and oxygen atoms in total. The molecule has 164 valence electrons. The number of para-hydroxylation sites is 1. The summed E-state index contributed by atoms with van der Waals surface area (Å²) in [4.78, 5) is 28.4. The van der Waals surface area contributed by atoms with Crippen molar-refractivity contribution in [3.05, 3.63) is 52.6 Å². The van der Waals surface area contributed by atoms with Crippen LogP contribution in [0.2, 0.25) is 0 Å². The Bertz CT molecular complexity index is 1250. The van der Waals surface area contributed by atoms with Gasteiger partial charge in [-0.2, -0.15) is 0 Å². The van der Waals surface area contributed by atoms with Crippen molar-refractivity contribution in [1.82, 2.24) is 25.6 Å². The van der Waals surface area contributed by atoms with E-state index in [4.69, 9.17) is 0 Å². The number of H-pyrrole nitrogens is 2. The summed E-state index contributed by atoms with van der Waals surface area (Å²) in [5.74, 6) is 0.0792. The number of unbranched alkanes of at least 4 members (excludes halogenated alkanes) is 2. The number of tetrazole rings is 1. The molecule has 2 amide bonds. The number of hydrogen-bond donors (Lipinski definition) is 4. The van der Waals surface area contributed by atoms with Gasteiger partial charge in [0.2, 0.25) is 5.91 Å². The molecule has 0 saturated carbocycles. The van der Waals surface area contributed by atoms with Crippen LogP contribution in [0.4, 0.5) is 11.4 Å². The number of amides is 2. The van der Waals surface area contributed by atoms with E-state index in [2.05, 4.69) is 59.1 Å². The first-order valence-electron chi connectivity index (χ1n) is 10.3. The van der Waals surface area contributed by atoms with Crippen molar-refractivity contribution in [2.45, 2.75) is 32.6 Å². The fraction of sp³-hybridized carbons (Fsp3) is 0.227. The molecule has 0 bridgehead atoms. The van der Waals surface area contributed by atoms with Gasteiger partial charge in [-0.25, -0.2) is 5.10 Å². The maximum Gasteiger partial charge on any atom is 0.272 e. The smallest absolute Gasteiger partial charge is 0.272 e. The van der Waals surface area contributed by atoms with E-state index in [0.29, 0.717) is 40.4 Å². The normalized spacial score (nSPS) is 10.9. The number of anilines is 2. The van der Waals surface area contributed by atoms with Gasteiger partial charge in [0.25, 0.3) is 5.91 Å². The summed E-state index contributed by atoms with van der Waals surface area (Å²) in [6.45, 7) is 2.10. The first-order chi connectivity index (χ1) is 15.5. The molecule has 32 heavy (non-hydrogen) atoms. The summed E-state index contributed by atoms with van der Waals surface area (Å²) in [7, 11) is 0. The monoisotopic (exact) mass is 495 g/mol. The molecule has 0 fully saturated rings. The van der Waals surface area contributed by atoms with Crippen LogP contribution in [0, 0.1) is 0 Å². The molecule has 0 spiro atoms. The van der Waals surface area contributed by atoms with Crippen LogP contribution in [0.15, 0.2) is 46.9 Å². The highest BCUT2D eigenvalue weighted by molar-refractivity contribution is 9.10. The van der Waals surface area contributed by atoms with E-state index in [9.17, 15) is 9.59 Å². The summed E-state index contributed by atoms with van der Waals surface area (Å²) in [5.41, 5.74) is 2.93. The molecule has 0 saturated heterocycles. The van der Waals surface area contributed by atoms with E-state index in [1.165, 1.54) is 0 Å². The van der Waals surface area contributed by atoms with Crippen LogP contribution >= 0.6 is 15.9 Å². The number of nitrogens with one attached hydrogen (secondary N) is 4. The number of nitrogens with zero attached hydrogens (tertiary/aromatic N) is 3. The van der Waals surface area contributed by atoms with Gasteiger partial charge < -0.3 is 15.6 Å². The highest BCUT2D eigenvalue weighted by Gasteiger charge is 2.16. The highest BCUT2D eigenvalue weighted by Crippen LogP contribution is 2.29. The lowest BCUT2D eigenvalue weighted by atomic mass is 10.1. The fourth-order valence-electron chi connectivity index (χ4n) is 3.42. The maximum atomic E-state index is 13.0. The molecule has 4 aromatic rings. The van der Waals surface area contributed by atoms with Crippen LogP contribution in [0.3, 0.4) is 0 Å². The van der Waals surface area contributed by atoms with Gasteiger partial charge in [-0.1, -0.05) is 47.8 Å². The van der Waals surface area contributed by atoms with E-state index >= 15 is 0 Å². The zero-order valence-corrected chi connectivity index (χ0v) is 19.0. The first-order valence-corrected chi connectivity index (χ1v) is 11.1. The summed E-state index contributed by atoms with van der Waals surface area (Å²) in [6, 6.07) is 12.7. The maximum absolute atomic E-state index is 13.0. The second kappa shape index (κ2) is 9.73. The summed E-state index contributed by atoms with van der Waals surface area (Å²) in [5, 5.41) is 20.5. The van der Waals surface area contributed by atoms with Gasteiger partial charge in [0.15, 0.2) is 5.82 Å². The fourth-order valence-corrected chi connectivity index (χ4v) is 3.78. The van der Waals surface area contributed by atoms with Crippen LogP contribution in [0.25, 0.3) is 22.3 Å². The number of benzene rings is 2. The second-order valence-electron chi connectivity index (χ2n) is 7.35. The third-order valence-corrected chi connectivity index (χ3v) is 5.51. The van der Waals surface area contributed by atoms with Crippen molar-refractivity contribution in [2.24, 2.45) is 0 Å². The second-order valence-corrected chi connectivity index (χ2v) is 8.27. The molecule has 0 atom stereocenters. The average molecular weight is 496 g/mol. The van der Waals surface area contributed by atoms with Gasteiger partial charge in [0.1, 0.15) is 5.69 Å². The minimum absolute atomic E-state index is 0.0354. The number of carbonyl (C=O) groups excluding carboxylic acids is 2. The zero-order chi connectivity index (χ0) is 22.5. The molecular formula is C22H22BrN7O2. The quantitative estimate of drug-likeness (QED) is 0.259. The Morgan fingerprint density at radius 2 is 1.94 bits per heavy atom. The van der Waals surface area contributed by atoms with Crippen LogP contribution in [0.5, 0.6) is 0 Å². The molecule has 10 heteroatoms. The van der Waals surface area contributed by atoms with Crippen molar-refractivity contribution in [1.29, 1.82) is 0 Å². The molecule has 0 aliphatic heterocycles. The van der Waals surface area contributed by atoms with Crippen molar-refractivity contribution < 1.29 is 9.59 Å². The minimum atomic E-state index is -0.322. The van der Waals surface area contributed by atoms with Crippen LogP contribution in [-0.4, -0.2) is 37.4 Å². The largest absolute Gasteiger partial charge is 0.349 e. The van der Waals surface area contributed by atoms with Gasteiger partial charge in [0, 0.05) is 21.8 Å². The number of fused-ring (bicyclic) bond motifs is 1. The average Bonchev–Trinajstić information content (AvgIpc) is 3.46. The van der Waals surface area contributed by atoms with Gasteiger partial charge in [-0.05, 0) is 47.2 Å². The summed E-state index contributed by atoms with van der Waals surface area (Å²) in [6.07, 6.45) is 3.41. The Balaban J connectivity index is 1.56. The van der Waals surface area contributed by atoms with Crippen molar-refractivity contribution >= 4 is 50.0 Å². The minimum Gasteiger partial charge on any atom is -0.349 e. The molecule has 2 aromatic heterocycles. The predicted octanol–water partition coefficient (Wildman–Crippen LogP) is 4.88. The van der Waals surface area contributed by atoms with Crippen LogP contribution in [-0.2, 0) is 4.79 Å². The molecule has 0 aliphatic carbocycles. The summed E-state index contributed by atoms with van der Waals surface area (Å²) >= 11 is 3.43. The molecular weight excluding hydrogens is 474 g/mol. The molecule has 2 heterocycles. The van der Waals surface area contributed by atoms with Gasteiger partial charge in [-0.3, -0.25) is 9.59 Å².